The Kier molecular flexibility index (Phi) is 6.26. The average molecular weight is 357 g/mol. The van der Waals surface area contributed by atoms with Crippen molar-refractivity contribution < 1.29 is 4.79 Å². The van der Waals surface area contributed by atoms with Crippen molar-refractivity contribution in [2.45, 2.75) is 19.5 Å². The predicted molar refractivity (Wildman–Crippen MR) is 93.7 cm³/mol. The van der Waals surface area contributed by atoms with E-state index in [-0.39, 0.29) is 11.9 Å². The second-order valence-corrected chi connectivity index (χ2v) is 7.04. The van der Waals surface area contributed by atoms with Crippen LogP contribution < -0.4 is 5.32 Å². The van der Waals surface area contributed by atoms with Gasteiger partial charge in [0.15, 0.2) is 0 Å². The normalized spacial score (nSPS) is 12.4. The molecule has 0 bridgehead atoms. The maximum Gasteiger partial charge on any atom is 0.234 e. The molecule has 1 aromatic carbocycles. The highest BCUT2D eigenvalue weighted by molar-refractivity contribution is 7.10. The van der Waals surface area contributed by atoms with Gasteiger partial charge in [0.05, 0.1) is 12.6 Å². The largest absolute Gasteiger partial charge is 0.348 e. The van der Waals surface area contributed by atoms with Gasteiger partial charge >= 0.3 is 0 Å². The molecule has 0 aliphatic heterocycles. The fraction of sp³-hybridized carbons (Fsp3) is 0.312. The molecule has 6 heteroatoms. The SMILES string of the molecule is C[C@@H](NC(=O)CN(C)Cc1ccc(Cl)cc1Cl)c1cccs1. The number of hydrogen-bond acceptors (Lipinski definition) is 3. The van der Waals surface area contributed by atoms with Gasteiger partial charge < -0.3 is 5.32 Å². The summed E-state index contributed by atoms with van der Waals surface area (Å²) in [6.45, 7) is 2.89. The first-order valence-electron chi connectivity index (χ1n) is 6.91. The van der Waals surface area contributed by atoms with Gasteiger partial charge in [0.1, 0.15) is 0 Å². The molecule has 1 heterocycles. The average Bonchev–Trinajstić information content (AvgIpc) is 2.95. The van der Waals surface area contributed by atoms with Crippen LogP contribution in [-0.4, -0.2) is 24.4 Å². The molecule has 0 spiro atoms. The summed E-state index contributed by atoms with van der Waals surface area (Å²) in [6.07, 6.45) is 0. The van der Waals surface area contributed by atoms with Gasteiger partial charge in [0.2, 0.25) is 5.91 Å². The Hall–Kier alpha value is -1.07. The van der Waals surface area contributed by atoms with E-state index in [0.717, 1.165) is 10.4 Å². The zero-order chi connectivity index (χ0) is 16.1. The van der Waals surface area contributed by atoms with Gasteiger partial charge in [0.25, 0.3) is 0 Å². The molecule has 2 rings (SSSR count). The highest BCUT2D eigenvalue weighted by atomic mass is 35.5. The van der Waals surface area contributed by atoms with Crippen LogP contribution in [0, 0.1) is 0 Å². The van der Waals surface area contributed by atoms with Gasteiger partial charge in [-0.05, 0) is 43.1 Å². The van der Waals surface area contributed by atoms with Crippen LogP contribution in [0.4, 0.5) is 0 Å². The Morgan fingerprint density at radius 2 is 2.14 bits per heavy atom. The second-order valence-electron chi connectivity index (χ2n) is 5.21. The third kappa shape index (κ3) is 4.99. The summed E-state index contributed by atoms with van der Waals surface area (Å²) < 4.78 is 0. The molecule has 0 saturated heterocycles. The Labute approximate surface area is 144 Å². The number of nitrogens with one attached hydrogen (secondary N) is 1. The van der Waals surface area contributed by atoms with Crippen LogP contribution >= 0.6 is 34.5 Å². The summed E-state index contributed by atoms with van der Waals surface area (Å²) in [5.74, 6) is -0.00603. The molecule has 0 aliphatic rings. The highest BCUT2D eigenvalue weighted by Crippen LogP contribution is 2.22. The van der Waals surface area contributed by atoms with E-state index in [1.165, 1.54) is 0 Å². The molecule has 22 heavy (non-hydrogen) atoms. The number of halogens is 2. The molecule has 0 unspecified atom stereocenters. The monoisotopic (exact) mass is 356 g/mol. The summed E-state index contributed by atoms with van der Waals surface area (Å²) in [4.78, 5) is 15.2. The summed E-state index contributed by atoms with van der Waals surface area (Å²) in [7, 11) is 1.89. The van der Waals surface area contributed by atoms with Crippen molar-refractivity contribution in [1.29, 1.82) is 0 Å². The number of likely N-dealkylation sites (N-methyl/N-ethyl adjacent to an activating group) is 1. The molecule has 0 fully saturated rings. The first-order valence-corrected chi connectivity index (χ1v) is 8.54. The number of carbonyl (C=O) groups excluding carboxylic acids is 1. The molecule has 1 aromatic heterocycles. The van der Waals surface area contributed by atoms with Gasteiger partial charge in [-0.15, -0.1) is 11.3 Å². The number of benzene rings is 1. The van der Waals surface area contributed by atoms with E-state index in [0.29, 0.717) is 23.1 Å². The predicted octanol–water partition coefficient (Wildman–Crippen LogP) is 4.36. The van der Waals surface area contributed by atoms with Crippen molar-refractivity contribution in [1.82, 2.24) is 10.2 Å². The van der Waals surface area contributed by atoms with Crippen molar-refractivity contribution in [3.05, 3.63) is 56.2 Å². The topological polar surface area (TPSA) is 32.3 Å². The summed E-state index contributed by atoms with van der Waals surface area (Å²) in [6, 6.07) is 9.43. The lowest BCUT2D eigenvalue weighted by atomic mass is 10.2. The number of rotatable bonds is 6. The third-order valence-electron chi connectivity index (χ3n) is 3.22. The third-order valence-corrected chi connectivity index (χ3v) is 4.86. The molecule has 0 saturated carbocycles. The maximum absolute atomic E-state index is 12.1. The first kappa shape index (κ1) is 17.3. The van der Waals surface area contributed by atoms with E-state index >= 15 is 0 Å². The lowest BCUT2D eigenvalue weighted by Crippen LogP contribution is -2.36. The van der Waals surface area contributed by atoms with Crippen molar-refractivity contribution in [2.24, 2.45) is 0 Å². The maximum atomic E-state index is 12.1. The van der Waals surface area contributed by atoms with Crippen molar-refractivity contribution in [3.8, 4) is 0 Å². The molecule has 1 N–H and O–H groups in total. The number of thiophene rings is 1. The smallest absolute Gasteiger partial charge is 0.234 e. The van der Waals surface area contributed by atoms with Crippen molar-refractivity contribution in [3.63, 3.8) is 0 Å². The summed E-state index contributed by atoms with van der Waals surface area (Å²) in [5.41, 5.74) is 0.952. The zero-order valence-electron chi connectivity index (χ0n) is 12.5. The minimum Gasteiger partial charge on any atom is -0.348 e. The summed E-state index contributed by atoms with van der Waals surface area (Å²) in [5, 5.41) is 6.23. The number of carbonyl (C=O) groups is 1. The zero-order valence-corrected chi connectivity index (χ0v) is 14.8. The first-order chi connectivity index (χ1) is 10.5. The van der Waals surface area contributed by atoms with Gasteiger partial charge in [0, 0.05) is 21.5 Å². The quantitative estimate of drug-likeness (QED) is 0.833. The van der Waals surface area contributed by atoms with E-state index in [9.17, 15) is 4.79 Å². The van der Waals surface area contributed by atoms with Gasteiger partial charge in [-0.1, -0.05) is 35.3 Å². The fourth-order valence-corrected chi connectivity index (χ4v) is 3.34. The van der Waals surface area contributed by atoms with Crippen molar-refractivity contribution in [2.75, 3.05) is 13.6 Å². The molecular weight excluding hydrogens is 339 g/mol. The lowest BCUT2D eigenvalue weighted by Gasteiger charge is -2.19. The van der Waals surface area contributed by atoms with Gasteiger partial charge in [-0.2, -0.15) is 0 Å². The van der Waals surface area contributed by atoms with E-state index < -0.39 is 0 Å². The second kappa shape index (κ2) is 7.97. The minimum atomic E-state index is -0.00603. The molecular formula is C16H18Cl2N2OS. The number of amides is 1. The van der Waals surface area contributed by atoms with E-state index in [1.807, 2.05) is 42.5 Å². The van der Waals surface area contributed by atoms with Crippen LogP contribution in [0.1, 0.15) is 23.4 Å². The molecule has 1 amide bonds. The van der Waals surface area contributed by atoms with Crippen molar-refractivity contribution >= 4 is 40.4 Å². The van der Waals surface area contributed by atoms with Crippen LogP contribution in [0.3, 0.4) is 0 Å². The number of hydrogen-bond donors (Lipinski definition) is 1. The van der Waals surface area contributed by atoms with Gasteiger partial charge in [-0.3, -0.25) is 9.69 Å². The van der Waals surface area contributed by atoms with Crippen LogP contribution in [0.25, 0.3) is 0 Å². The molecule has 0 aliphatic carbocycles. The minimum absolute atomic E-state index is 0.00603. The molecule has 118 valence electrons. The fourth-order valence-electron chi connectivity index (χ4n) is 2.14. The van der Waals surface area contributed by atoms with Crippen LogP contribution in [0.5, 0.6) is 0 Å². The van der Waals surface area contributed by atoms with E-state index in [4.69, 9.17) is 23.2 Å². The Morgan fingerprint density at radius 1 is 1.36 bits per heavy atom. The van der Waals surface area contributed by atoms with Gasteiger partial charge in [-0.25, -0.2) is 0 Å². The Balaban J connectivity index is 1.86. The molecule has 0 radical (unpaired) electrons. The Bertz CT molecular complexity index is 631. The molecule has 2 aromatic rings. The molecule has 1 atom stereocenters. The Morgan fingerprint density at radius 3 is 2.77 bits per heavy atom. The molecule has 3 nitrogen and oxygen atoms in total. The van der Waals surface area contributed by atoms with E-state index in [2.05, 4.69) is 5.32 Å². The number of nitrogens with zero attached hydrogens (tertiary/aromatic N) is 1. The van der Waals surface area contributed by atoms with Crippen LogP contribution in [-0.2, 0) is 11.3 Å². The standard InChI is InChI=1S/C16H18Cl2N2OS/c1-11(15-4-3-7-22-15)19-16(21)10-20(2)9-12-5-6-13(17)8-14(12)18/h3-8,11H,9-10H2,1-2H3,(H,19,21)/t11-/m1/s1. The summed E-state index contributed by atoms with van der Waals surface area (Å²) >= 11 is 13.7. The lowest BCUT2D eigenvalue weighted by molar-refractivity contribution is -0.122. The van der Waals surface area contributed by atoms with Crippen LogP contribution in [0.15, 0.2) is 35.7 Å². The van der Waals surface area contributed by atoms with E-state index in [1.54, 1.807) is 23.5 Å². The highest BCUT2D eigenvalue weighted by Gasteiger charge is 2.13. The van der Waals surface area contributed by atoms with Crippen LogP contribution in [0.2, 0.25) is 10.0 Å².